The van der Waals surface area contributed by atoms with Crippen LogP contribution in [0.15, 0.2) is 0 Å². The van der Waals surface area contributed by atoms with Crippen molar-refractivity contribution in [2.24, 2.45) is 0 Å². The predicted octanol–water partition coefficient (Wildman–Crippen LogP) is 0.679. The zero-order chi connectivity index (χ0) is 9.02. The van der Waals surface area contributed by atoms with Crippen molar-refractivity contribution in [2.75, 3.05) is 0 Å². The molecule has 0 saturated carbocycles. The molecule has 1 atom stereocenters. The second kappa shape index (κ2) is 3.95. The Morgan fingerprint density at radius 1 is 1.27 bits per heavy atom. The SMILES string of the molecule is CC(=O)OC(=O)C(F)C(F)F. The van der Waals surface area contributed by atoms with Crippen molar-refractivity contribution in [2.45, 2.75) is 19.5 Å². The van der Waals surface area contributed by atoms with Crippen LogP contribution in [0, 0.1) is 0 Å². The van der Waals surface area contributed by atoms with Crippen molar-refractivity contribution in [3.63, 3.8) is 0 Å². The highest BCUT2D eigenvalue weighted by Crippen LogP contribution is 2.06. The van der Waals surface area contributed by atoms with E-state index in [1.54, 1.807) is 0 Å². The summed E-state index contributed by atoms with van der Waals surface area (Å²) in [5.74, 6) is -2.97. The average molecular weight is 170 g/mol. The Hall–Kier alpha value is -1.07. The number of carbonyl (C=O) groups is 2. The number of rotatable bonds is 2. The molecular formula is C5H5F3O3. The van der Waals surface area contributed by atoms with Crippen LogP contribution in [0.5, 0.6) is 0 Å². The molecule has 64 valence electrons. The number of alkyl halides is 3. The molecule has 0 aromatic rings. The standard InChI is InChI=1S/C5H5F3O3/c1-2(9)11-5(10)3(6)4(7)8/h3-4H,1H3. The van der Waals surface area contributed by atoms with Gasteiger partial charge in [0.2, 0.25) is 0 Å². The minimum absolute atomic E-state index is 0.816. The van der Waals surface area contributed by atoms with Gasteiger partial charge in [0, 0.05) is 6.92 Å². The van der Waals surface area contributed by atoms with Gasteiger partial charge < -0.3 is 4.74 Å². The predicted molar refractivity (Wildman–Crippen MR) is 27.7 cm³/mol. The average Bonchev–Trinajstić information content (AvgIpc) is 1.84. The largest absolute Gasteiger partial charge is 0.391 e. The first kappa shape index (κ1) is 9.93. The van der Waals surface area contributed by atoms with Gasteiger partial charge in [-0.15, -0.1) is 0 Å². The summed E-state index contributed by atoms with van der Waals surface area (Å²) in [5.41, 5.74) is 0. The van der Waals surface area contributed by atoms with Gasteiger partial charge in [-0.25, -0.2) is 18.0 Å². The smallest absolute Gasteiger partial charge is 0.354 e. The summed E-state index contributed by atoms with van der Waals surface area (Å²) >= 11 is 0. The van der Waals surface area contributed by atoms with Crippen molar-refractivity contribution < 1.29 is 27.5 Å². The maximum atomic E-state index is 11.9. The highest BCUT2D eigenvalue weighted by molar-refractivity contribution is 5.86. The Bertz CT molecular complexity index is 168. The first-order valence-electron chi connectivity index (χ1n) is 2.59. The topological polar surface area (TPSA) is 43.4 Å². The lowest BCUT2D eigenvalue weighted by Crippen LogP contribution is -2.27. The molecule has 3 nitrogen and oxygen atoms in total. The van der Waals surface area contributed by atoms with E-state index in [0.717, 1.165) is 6.92 Å². The van der Waals surface area contributed by atoms with Gasteiger partial charge in [0.25, 0.3) is 12.6 Å². The molecule has 0 aromatic carbocycles. The highest BCUT2D eigenvalue weighted by atomic mass is 19.3. The lowest BCUT2D eigenvalue weighted by Gasteiger charge is -2.03. The van der Waals surface area contributed by atoms with Gasteiger partial charge in [0.1, 0.15) is 0 Å². The first-order valence-corrected chi connectivity index (χ1v) is 2.59. The zero-order valence-electron chi connectivity index (χ0n) is 5.51. The number of halogens is 3. The van der Waals surface area contributed by atoms with Gasteiger partial charge in [-0.2, -0.15) is 0 Å². The quantitative estimate of drug-likeness (QED) is 0.452. The number of esters is 2. The summed E-state index contributed by atoms with van der Waals surface area (Å²) in [7, 11) is 0. The van der Waals surface area contributed by atoms with Crippen LogP contribution in [0.25, 0.3) is 0 Å². The molecule has 0 bridgehead atoms. The number of ether oxygens (including phenoxy) is 1. The van der Waals surface area contributed by atoms with Gasteiger partial charge in [-0.1, -0.05) is 0 Å². The number of hydrogen-bond acceptors (Lipinski definition) is 3. The fourth-order valence-corrected chi connectivity index (χ4v) is 0.301. The van der Waals surface area contributed by atoms with E-state index < -0.39 is 24.5 Å². The molecule has 0 N–H and O–H groups in total. The maximum absolute atomic E-state index is 11.9. The van der Waals surface area contributed by atoms with E-state index in [2.05, 4.69) is 4.74 Å². The molecule has 0 fully saturated rings. The third kappa shape index (κ3) is 3.59. The van der Waals surface area contributed by atoms with E-state index in [-0.39, 0.29) is 0 Å². The van der Waals surface area contributed by atoms with Crippen LogP contribution in [-0.2, 0) is 14.3 Å². The van der Waals surface area contributed by atoms with Gasteiger partial charge in [-0.05, 0) is 0 Å². The van der Waals surface area contributed by atoms with Crippen molar-refractivity contribution in [1.82, 2.24) is 0 Å². The zero-order valence-corrected chi connectivity index (χ0v) is 5.51. The van der Waals surface area contributed by atoms with E-state index in [1.165, 1.54) is 0 Å². The molecule has 0 heterocycles. The minimum Gasteiger partial charge on any atom is -0.391 e. The minimum atomic E-state index is -3.46. The molecule has 0 amide bonds. The van der Waals surface area contributed by atoms with Gasteiger partial charge in [0.15, 0.2) is 0 Å². The molecule has 0 aliphatic carbocycles. The van der Waals surface area contributed by atoms with Gasteiger partial charge in [-0.3, -0.25) is 4.79 Å². The van der Waals surface area contributed by atoms with E-state index in [1.807, 2.05) is 0 Å². The Kier molecular flexibility index (Phi) is 3.56. The van der Waals surface area contributed by atoms with Crippen molar-refractivity contribution >= 4 is 11.9 Å². The van der Waals surface area contributed by atoms with E-state index in [9.17, 15) is 22.8 Å². The summed E-state index contributed by atoms with van der Waals surface area (Å²) in [6.07, 6.45) is -6.50. The molecule has 11 heavy (non-hydrogen) atoms. The van der Waals surface area contributed by atoms with E-state index in [4.69, 9.17) is 0 Å². The van der Waals surface area contributed by atoms with Crippen LogP contribution in [0.2, 0.25) is 0 Å². The molecule has 0 aromatic heterocycles. The van der Waals surface area contributed by atoms with Crippen molar-refractivity contribution in [3.8, 4) is 0 Å². The number of hydrogen-bond donors (Lipinski definition) is 0. The van der Waals surface area contributed by atoms with Gasteiger partial charge >= 0.3 is 11.9 Å². The molecule has 6 heteroatoms. The van der Waals surface area contributed by atoms with Crippen molar-refractivity contribution in [1.29, 1.82) is 0 Å². The molecule has 0 radical (unpaired) electrons. The third-order valence-corrected chi connectivity index (χ3v) is 0.691. The summed E-state index contributed by atoms with van der Waals surface area (Å²) in [6, 6.07) is 0. The monoisotopic (exact) mass is 170 g/mol. The van der Waals surface area contributed by atoms with Crippen LogP contribution >= 0.6 is 0 Å². The maximum Gasteiger partial charge on any atom is 0.354 e. The highest BCUT2D eigenvalue weighted by Gasteiger charge is 2.30. The Balaban J connectivity index is 3.93. The Morgan fingerprint density at radius 2 is 1.73 bits per heavy atom. The van der Waals surface area contributed by atoms with Crippen LogP contribution in [0.4, 0.5) is 13.2 Å². The summed E-state index contributed by atoms with van der Waals surface area (Å²) in [5, 5.41) is 0. The van der Waals surface area contributed by atoms with E-state index >= 15 is 0 Å². The molecular weight excluding hydrogens is 165 g/mol. The summed E-state index contributed by atoms with van der Waals surface area (Å²) < 4.78 is 38.1. The second-order valence-corrected chi connectivity index (χ2v) is 1.65. The Morgan fingerprint density at radius 3 is 2.00 bits per heavy atom. The fraction of sp³-hybridized carbons (Fsp3) is 0.600. The van der Waals surface area contributed by atoms with Crippen LogP contribution in [0.1, 0.15) is 6.92 Å². The fourth-order valence-electron chi connectivity index (χ4n) is 0.301. The van der Waals surface area contributed by atoms with Crippen LogP contribution < -0.4 is 0 Å². The molecule has 0 aliphatic rings. The molecule has 1 unspecified atom stereocenters. The summed E-state index contributed by atoms with van der Waals surface area (Å²) in [4.78, 5) is 20.0. The molecule has 0 spiro atoms. The normalized spacial score (nSPS) is 12.8. The second-order valence-electron chi connectivity index (χ2n) is 1.65. The molecule has 0 rings (SSSR count). The molecule has 0 aliphatic heterocycles. The van der Waals surface area contributed by atoms with Crippen molar-refractivity contribution in [3.05, 3.63) is 0 Å². The number of carbonyl (C=O) groups excluding carboxylic acids is 2. The lowest BCUT2D eigenvalue weighted by molar-refractivity contribution is -0.165. The van der Waals surface area contributed by atoms with Crippen LogP contribution in [0.3, 0.4) is 0 Å². The van der Waals surface area contributed by atoms with Crippen LogP contribution in [-0.4, -0.2) is 24.5 Å². The lowest BCUT2D eigenvalue weighted by atomic mass is 10.4. The van der Waals surface area contributed by atoms with E-state index in [0.29, 0.717) is 0 Å². The molecule has 0 saturated heterocycles. The summed E-state index contributed by atoms with van der Waals surface area (Å²) in [6.45, 7) is 0.816. The third-order valence-electron chi connectivity index (χ3n) is 0.691. The van der Waals surface area contributed by atoms with Gasteiger partial charge in [0.05, 0.1) is 0 Å². The Labute approximate surface area is 60.1 Å². The first-order chi connectivity index (χ1) is 4.95.